The molecule has 0 aliphatic carbocycles. The molecule has 0 aromatic heterocycles. The summed E-state index contributed by atoms with van der Waals surface area (Å²) < 4.78 is 5.53. The number of benzene rings is 1. The average Bonchev–Trinajstić information content (AvgIpc) is 2.46. The molecule has 4 nitrogen and oxygen atoms in total. The zero-order valence-electron chi connectivity index (χ0n) is 12.1. The van der Waals surface area contributed by atoms with Crippen LogP contribution in [0.4, 0.5) is 5.69 Å². The number of nitrogens with one attached hydrogen (secondary N) is 1. The van der Waals surface area contributed by atoms with Crippen molar-refractivity contribution < 1.29 is 9.53 Å². The van der Waals surface area contributed by atoms with Gasteiger partial charge in [-0.15, -0.1) is 0 Å². The van der Waals surface area contributed by atoms with Crippen molar-refractivity contribution in [3.63, 3.8) is 0 Å². The Morgan fingerprint density at radius 1 is 1.50 bits per heavy atom. The topological polar surface area (TPSA) is 41.6 Å². The molecular weight excluding hydrogens is 252 g/mol. The summed E-state index contributed by atoms with van der Waals surface area (Å²) in [6.45, 7) is 3.01. The molecule has 1 heterocycles. The Bertz CT molecular complexity index is 485. The van der Waals surface area contributed by atoms with Crippen LogP contribution in [0.1, 0.15) is 25.3 Å². The summed E-state index contributed by atoms with van der Waals surface area (Å²) in [5, 5.41) is 3.39. The zero-order valence-corrected chi connectivity index (χ0v) is 12.1. The lowest BCUT2D eigenvalue weighted by molar-refractivity contribution is -0.128. The lowest BCUT2D eigenvalue weighted by Crippen LogP contribution is -2.24. The van der Waals surface area contributed by atoms with E-state index in [4.69, 9.17) is 4.74 Å². The summed E-state index contributed by atoms with van der Waals surface area (Å²) in [4.78, 5) is 13.0. The van der Waals surface area contributed by atoms with Crippen molar-refractivity contribution in [1.82, 2.24) is 4.90 Å². The van der Waals surface area contributed by atoms with Crippen molar-refractivity contribution in [2.24, 2.45) is 0 Å². The third kappa shape index (κ3) is 4.30. The number of hydrogen-bond acceptors (Lipinski definition) is 3. The van der Waals surface area contributed by atoms with Gasteiger partial charge in [-0.1, -0.05) is 12.1 Å². The minimum Gasteiger partial charge on any atom is -0.497 e. The van der Waals surface area contributed by atoms with Crippen LogP contribution in [0.15, 0.2) is 36.6 Å². The second-order valence-corrected chi connectivity index (χ2v) is 5.16. The molecule has 1 aromatic carbocycles. The van der Waals surface area contributed by atoms with Gasteiger partial charge in [0.15, 0.2) is 0 Å². The summed E-state index contributed by atoms with van der Waals surface area (Å²) in [5.74, 6) is 0.0748. The highest BCUT2D eigenvalue weighted by atomic mass is 16.5. The van der Waals surface area contributed by atoms with Crippen LogP contribution in [-0.4, -0.2) is 30.5 Å². The molecule has 0 radical (unpaired) electrons. The van der Waals surface area contributed by atoms with Gasteiger partial charge in [-0.05, 0) is 36.6 Å². The third-order valence-corrected chi connectivity index (χ3v) is 3.44. The number of carbonyl (C=O) groups excluding carboxylic acids is 1. The second-order valence-electron chi connectivity index (χ2n) is 5.16. The molecule has 4 heteroatoms. The fraction of sp³-hybridized carbons (Fsp3) is 0.438. The van der Waals surface area contributed by atoms with Crippen molar-refractivity contribution in [2.45, 2.75) is 32.4 Å². The quantitative estimate of drug-likeness (QED) is 0.897. The van der Waals surface area contributed by atoms with Gasteiger partial charge in [0.25, 0.3) is 0 Å². The van der Waals surface area contributed by atoms with Crippen molar-refractivity contribution >= 4 is 11.6 Å². The van der Waals surface area contributed by atoms with E-state index in [1.54, 1.807) is 18.1 Å². The number of ether oxygens (including phenoxy) is 1. The van der Waals surface area contributed by atoms with Crippen molar-refractivity contribution in [3.8, 4) is 0 Å². The summed E-state index contributed by atoms with van der Waals surface area (Å²) in [6, 6.07) is 8.16. The van der Waals surface area contributed by atoms with Gasteiger partial charge in [0, 0.05) is 26.2 Å². The van der Waals surface area contributed by atoms with Crippen molar-refractivity contribution in [3.05, 3.63) is 42.2 Å². The Hall–Kier alpha value is -1.97. The van der Waals surface area contributed by atoms with Crippen molar-refractivity contribution in [1.29, 1.82) is 0 Å². The van der Waals surface area contributed by atoms with Crippen LogP contribution in [0.25, 0.3) is 0 Å². The van der Waals surface area contributed by atoms with E-state index in [2.05, 4.69) is 17.5 Å². The van der Waals surface area contributed by atoms with E-state index in [1.165, 1.54) is 0 Å². The van der Waals surface area contributed by atoms with E-state index < -0.39 is 0 Å². The van der Waals surface area contributed by atoms with E-state index in [0.717, 1.165) is 30.6 Å². The summed E-state index contributed by atoms with van der Waals surface area (Å²) in [5.41, 5.74) is 2.19. The Balaban J connectivity index is 1.88. The number of carbonyl (C=O) groups is 1. The molecular formula is C16H22N2O2. The first-order valence-electron chi connectivity index (χ1n) is 7.00. The monoisotopic (exact) mass is 274 g/mol. The molecule has 1 amide bonds. The lowest BCUT2D eigenvalue weighted by Gasteiger charge is -2.21. The van der Waals surface area contributed by atoms with Gasteiger partial charge in [0.05, 0.1) is 12.8 Å². The fourth-order valence-corrected chi connectivity index (χ4v) is 2.13. The molecule has 108 valence electrons. The van der Waals surface area contributed by atoms with Crippen LogP contribution < -0.4 is 5.32 Å². The summed E-state index contributed by atoms with van der Waals surface area (Å²) in [6.07, 6.45) is 6.21. The predicted molar refractivity (Wildman–Crippen MR) is 80.3 cm³/mol. The van der Waals surface area contributed by atoms with Gasteiger partial charge in [0.1, 0.15) is 6.10 Å². The van der Waals surface area contributed by atoms with Gasteiger partial charge in [-0.25, -0.2) is 0 Å². The molecule has 1 atom stereocenters. The molecule has 1 unspecified atom stereocenters. The smallest absolute Gasteiger partial charge is 0.219 e. The largest absolute Gasteiger partial charge is 0.497 e. The number of allylic oxidation sites excluding steroid dienone is 1. The van der Waals surface area contributed by atoms with E-state index in [-0.39, 0.29) is 12.0 Å². The Labute approximate surface area is 120 Å². The molecule has 0 bridgehead atoms. The van der Waals surface area contributed by atoms with Gasteiger partial charge in [-0.3, -0.25) is 4.79 Å². The van der Waals surface area contributed by atoms with Crippen molar-refractivity contribution in [2.75, 3.05) is 18.9 Å². The number of anilines is 1. The lowest BCUT2D eigenvalue weighted by atomic mass is 10.1. The molecule has 1 aromatic rings. The summed E-state index contributed by atoms with van der Waals surface area (Å²) >= 11 is 0. The minimum atomic E-state index is 0.0748. The van der Waals surface area contributed by atoms with E-state index in [9.17, 15) is 4.79 Å². The maximum atomic E-state index is 11.3. The standard InChI is InChI=1S/C16H22N2O2/c1-13(19)18(2)12-14-6-5-7-15(10-14)17-11-16-8-3-4-9-20-16/h4-7,9-10,16-17H,3,8,11-12H2,1-2H3. The Kier molecular flexibility index (Phi) is 5.04. The maximum absolute atomic E-state index is 11.3. The highest BCUT2D eigenvalue weighted by Crippen LogP contribution is 2.15. The van der Waals surface area contributed by atoms with E-state index in [0.29, 0.717) is 6.54 Å². The van der Waals surface area contributed by atoms with Crippen LogP contribution in [-0.2, 0) is 16.1 Å². The molecule has 20 heavy (non-hydrogen) atoms. The van der Waals surface area contributed by atoms with Crippen LogP contribution >= 0.6 is 0 Å². The van der Waals surface area contributed by atoms with Gasteiger partial charge in [0.2, 0.25) is 5.91 Å². The highest BCUT2D eigenvalue weighted by Gasteiger charge is 2.10. The van der Waals surface area contributed by atoms with E-state index in [1.807, 2.05) is 25.2 Å². The molecule has 2 rings (SSSR count). The molecule has 0 fully saturated rings. The van der Waals surface area contributed by atoms with Crippen LogP contribution in [0.3, 0.4) is 0 Å². The molecule has 1 aliphatic rings. The third-order valence-electron chi connectivity index (χ3n) is 3.44. The maximum Gasteiger partial charge on any atom is 0.219 e. The first-order valence-corrected chi connectivity index (χ1v) is 7.00. The van der Waals surface area contributed by atoms with Crippen LogP contribution in [0.2, 0.25) is 0 Å². The normalized spacial score (nSPS) is 17.4. The second kappa shape index (κ2) is 6.98. The molecule has 0 spiro atoms. The van der Waals surface area contributed by atoms with Crippen LogP contribution in [0.5, 0.6) is 0 Å². The summed E-state index contributed by atoms with van der Waals surface area (Å²) in [7, 11) is 1.81. The van der Waals surface area contributed by atoms with E-state index >= 15 is 0 Å². The zero-order chi connectivity index (χ0) is 14.4. The molecule has 0 saturated heterocycles. The molecule has 0 saturated carbocycles. The number of amides is 1. The number of rotatable bonds is 5. The number of hydrogen-bond donors (Lipinski definition) is 1. The first kappa shape index (κ1) is 14.4. The Morgan fingerprint density at radius 2 is 2.35 bits per heavy atom. The SMILES string of the molecule is CC(=O)N(C)Cc1cccc(NCC2CCC=CO2)c1. The minimum absolute atomic E-state index is 0.0748. The predicted octanol–water partition coefficient (Wildman–Crippen LogP) is 2.77. The van der Waals surface area contributed by atoms with Gasteiger partial charge >= 0.3 is 0 Å². The average molecular weight is 274 g/mol. The molecule has 1 aliphatic heterocycles. The van der Waals surface area contributed by atoms with Gasteiger partial charge < -0.3 is 15.0 Å². The highest BCUT2D eigenvalue weighted by molar-refractivity contribution is 5.72. The Morgan fingerprint density at radius 3 is 3.05 bits per heavy atom. The van der Waals surface area contributed by atoms with Gasteiger partial charge in [-0.2, -0.15) is 0 Å². The fourth-order valence-electron chi connectivity index (χ4n) is 2.13. The number of nitrogens with zero attached hydrogens (tertiary/aromatic N) is 1. The molecule has 1 N–H and O–H groups in total. The van der Waals surface area contributed by atoms with Crippen LogP contribution in [0, 0.1) is 0 Å². The first-order chi connectivity index (χ1) is 9.65.